The number of thioether (sulfide) groups is 1. The maximum absolute atomic E-state index is 11.7. The van der Waals surface area contributed by atoms with Crippen molar-refractivity contribution in [2.24, 2.45) is 0 Å². The number of rotatable bonds is 1. The molecule has 0 radical (unpaired) electrons. The summed E-state index contributed by atoms with van der Waals surface area (Å²) in [6.07, 6.45) is 5.36. The highest BCUT2D eigenvalue weighted by molar-refractivity contribution is 8.01. The maximum Gasteiger partial charge on any atom is 0.248 e. The van der Waals surface area contributed by atoms with Crippen LogP contribution in [0.25, 0.3) is 0 Å². The van der Waals surface area contributed by atoms with Crippen LogP contribution in [-0.4, -0.2) is 16.1 Å². The molecule has 2 nitrogen and oxygen atoms in total. The van der Waals surface area contributed by atoms with E-state index in [0.29, 0.717) is 0 Å². The van der Waals surface area contributed by atoms with E-state index in [2.05, 4.69) is 6.04 Å². The molecule has 0 N–H and O–H groups in total. The van der Waals surface area contributed by atoms with Crippen molar-refractivity contribution in [2.45, 2.75) is 17.5 Å². The van der Waals surface area contributed by atoms with Crippen LogP contribution in [0.2, 0.25) is 0 Å². The topological polar surface area (TPSA) is 20.3 Å². The number of carbonyl (C=O) groups excluding carboxylic acids is 1. The zero-order chi connectivity index (χ0) is 10.8. The first kappa shape index (κ1) is 10.1. The molecule has 0 saturated carbocycles. The first-order valence-corrected chi connectivity index (χ1v) is 5.68. The summed E-state index contributed by atoms with van der Waals surface area (Å²) < 4.78 is 0. The summed E-state index contributed by atoms with van der Waals surface area (Å²) in [6.45, 7) is 1.89. The van der Waals surface area contributed by atoms with Crippen LogP contribution in [0.3, 0.4) is 0 Å². The molecule has 1 aliphatic heterocycles. The Morgan fingerprint density at radius 3 is 2.67 bits per heavy atom. The highest BCUT2D eigenvalue weighted by Gasteiger charge is 2.37. The van der Waals surface area contributed by atoms with Gasteiger partial charge in [-0.25, -0.2) is 0 Å². The van der Waals surface area contributed by atoms with Gasteiger partial charge in [0, 0.05) is 6.04 Å². The molecule has 0 aromatic heterocycles. The van der Waals surface area contributed by atoms with Crippen molar-refractivity contribution >= 4 is 17.7 Å². The molecule has 1 heterocycles. The lowest BCUT2D eigenvalue weighted by atomic mass is 10.2. The van der Waals surface area contributed by atoms with E-state index in [1.54, 1.807) is 11.8 Å². The van der Waals surface area contributed by atoms with Crippen molar-refractivity contribution in [3.05, 3.63) is 35.9 Å². The Morgan fingerprint density at radius 2 is 2.07 bits per heavy atom. The highest BCUT2D eigenvalue weighted by Crippen LogP contribution is 2.42. The standard InChI is InChI=1S/C12H11NOS/c1-3-13-11(14)9(2)15-12(13)10-7-5-4-6-8-10/h1,4-9,12H,2H3. The molecule has 1 fully saturated rings. The van der Waals surface area contributed by atoms with Crippen LogP contribution in [0, 0.1) is 12.5 Å². The van der Waals surface area contributed by atoms with Crippen LogP contribution < -0.4 is 0 Å². The zero-order valence-electron chi connectivity index (χ0n) is 8.38. The molecular weight excluding hydrogens is 206 g/mol. The average molecular weight is 217 g/mol. The summed E-state index contributed by atoms with van der Waals surface area (Å²) in [7, 11) is 0. The summed E-state index contributed by atoms with van der Waals surface area (Å²) in [4.78, 5) is 13.2. The minimum atomic E-state index is -0.0498. The lowest BCUT2D eigenvalue weighted by molar-refractivity contribution is -0.126. The second-order valence-electron chi connectivity index (χ2n) is 3.38. The predicted molar refractivity (Wildman–Crippen MR) is 61.9 cm³/mol. The number of terminal acetylenes is 1. The van der Waals surface area contributed by atoms with Crippen LogP contribution in [0.4, 0.5) is 0 Å². The van der Waals surface area contributed by atoms with Crippen molar-refractivity contribution in [3.8, 4) is 12.5 Å². The summed E-state index contributed by atoms with van der Waals surface area (Å²) in [5.41, 5.74) is 1.08. The monoisotopic (exact) mass is 217 g/mol. The number of carbonyl (C=O) groups is 1. The van der Waals surface area contributed by atoms with Crippen LogP contribution in [-0.2, 0) is 4.79 Å². The van der Waals surface area contributed by atoms with Crippen LogP contribution >= 0.6 is 11.8 Å². The van der Waals surface area contributed by atoms with Crippen molar-refractivity contribution in [3.63, 3.8) is 0 Å². The first-order valence-electron chi connectivity index (χ1n) is 4.74. The molecule has 1 aliphatic rings. The van der Waals surface area contributed by atoms with Gasteiger partial charge in [0.1, 0.15) is 5.37 Å². The molecule has 15 heavy (non-hydrogen) atoms. The van der Waals surface area contributed by atoms with Gasteiger partial charge in [0.2, 0.25) is 5.91 Å². The Kier molecular flexibility index (Phi) is 2.70. The highest BCUT2D eigenvalue weighted by atomic mass is 32.2. The summed E-state index contributed by atoms with van der Waals surface area (Å²) >= 11 is 1.59. The maximum atomic E-state index is 11.7. The minimum absolute atomic E-state index is 0.0244. The summed E-state index contributed by atoms with van der Waals surface area (Å²) in [5.74, 6) is 0.0244. The lowest BCUT2D eigenvalue weighted by Gasteiger charge is -2.16. The molecule has 3 heteroatoms. The Hall–Kier alpha value is -1.40. The lowest BCUT2D eigenvalue weighted by Crippen LogP contribution is -2.25. The van der Waals surface area contributed by atoms with Gasteiger partial charge >= 0.3 is 0 Å². The molecule has 2 rings (SSSR count). The molecule has 76 valence electrons. The molecule has 2 unspecified atom stereocenters. The number of amides is 1. The average Bonchev–Trinajstić information content (AvgIpc) is 2.56. The van der Waals surface area contributed by atoms with Gasteiger partial charge in [0.25, 0.3) is 0 Å². The van der Waals surface area contributed by atoms with Gasteiger partial charge in [-0.3, -0.25) is 9.69 Å². The molecule has 0 spiro atoms. The van der Waals surface area contributed by atoms with Gasteiger partial charge in [-0.2, -0.15) is 0 Å². The molecule has 1 aromatic rings. The fraction of sp³-hybridized carbons (Fsp3) is 0.250. The van der Waals surface area contributed by atoms with E-state index in [4.69, 9.17) is 6.42 Å². The normalized spacial score (nSPS) is 25.3. The smallest absolute Gasteiger partial charge is 0.248 e. The van der Waals surface area contributed by atoms with Gasteiger partial charge in [-0.05, 0) is 12.5 Å². The van der Waals surface area contributed by atoms with Crippen molar-refractivity contribution in [1.82, 2.24) is 4.90 Å². The van der Waals surface area contributed by atoms with E-state index < -0.39 is 0 Å². The van der Waals surface area contributed by atoms with E-state index in [1.807, 2.05) is 37.3 Å². The molecule has 1 saturated heterocycles. The zero-order valence-corrected chi connectivity index (χ0v) is 9.20. The van der Waals surface area contributed by atoms with Crippen molar-refractivity contribution in [2.75, 3.05) is 0 Å². The number of nitrogens with zero attached hydrogens (tertiary/aromatic N) is 1. The third kappa shape index (κ3) is 1.73. The SMILES string of the molecule is C#CN1C(=O)C(C)SC1c1ccccc1. The van der Waals surface area contributed by atoms with Gasteiger partial charge in [0.05, 0.1) is 5.25 Å². The van der Waals surface area contributed by atoms with E-state index in [-0.39, 0.29) is 16.5 Å². The Labute approximate surface area is 93.7 Å². The largest absolute Gasteiger partial charge is 0.273 e. The minimum Gasteiger partial charge on any atom is -0.273 e. The van der Waals surface area contributed by atoms with Crippen LogP contribution in [0.5, 0.6) is 0 Å². The summed E-state index contributed by atoms with van der Waals surface area (Å²) in [5, 5.41) is -0.0787. The summed E-state index contributed by atoms with van der Waals surface area (Å²) in [6, 6.07) is 12.3. The van der Waals surface area contributed by atoms with Gasteiger partial charge in [-0.15, -0.1) is 11.8 Å². The molecule has 0 bridgehead atoms. The molecular formula is C12H11NOS. The second-order valence-corrected chi connectivity index (χ2v) is 4.80. The van der Waals surface area contributed by atoms with Crippen LogP contribution in [0.15, 0.2) is 30.3 Å². The van der Waals surface area contributed by atoms with Gasteiger partial charge in [0.15, 0.2) is 0 Å². The number of benzene rings is 1. The van der Waals surface area contributed by atoms with Crippen LogP contribution in [0.1, 0.15) is 17.9 Å². The number of hydrogen-bond donors (Lipinski definition) is 0. The molecule has 1 aromatic carbocycles. The molecule has 1 amide bonds. The van der Waals surface area contributed by atoms with E-state index in [0.717, 1.165) is 5.56 Å². The third-order valence-corrected chi connectivity index (χ3v) is 3.73. The van der Waals surface area contributed by atoms with E-state index >= 15 is 0 Å². The molecule has 2 atom stereocenters. The predicted octanol–water partition coefficient (Wildman–Crippen LogP) is 2.24. The van der Waals surface area contributed by atoms with Gasteiger partial charge < -0.3 is 0 Å². The fourth-order valence-corrected chi connectivity index (χ4v) is 2.82. The van der Waals surface area contributed by atoms with E-state index in [9.17, 15) is 4.79 Å². The number of hydrogen-bond acceptors (Lipinski definition) is 2. The quantitative estimate of drug-likeness (QED) is 0.672. The Bertz CT molecular complexity index is 409. The van der Waals surface area contributed by atoms with Crippen molar-refractivity contribution < 1.29 is 4.79 Å². The second kappa shape index (κ2) is 4.00. The Morgan fingerprint density at radius 1 is 1.40 bits per heavy atom. The van der Waals surface area contributed by atoms with E-state index in [1.165, 1.54) is 4.90 Å². The molecule has 0 aliphatic carbocycles. The van der Waals surface area contributed by atoms with Gasteiger partial charge in [-0.1, -0.05) is 36.8 Å². The first-order chi connectivity index (χ1) is 7.24. The Balaban J connectivity index is 2.32. The third-order valence-electron chi connectivity index (χ3n) is 2.38. The fourth-order valence-electron chi connectivity index (χ4n) is 1.60. The van der Waals surface area contributed by atoms with Crippen molar-refractivity contribution in [1.29, 1.82) is 0 Å².